The first-order valence-electron chi connectivity index (χ1n) is 9.91. The van der Waals surface area contributed by atoms with Gasteiger partial charge in [-0.05, 0) is 55.5 Å². The van der Waals surface area contributed by atoms with Gasteiger partial charge in [0.25, 0.3) is 5.91 Å². The van der Waals surface area contributed by atoms with Crippen LogP contribution in [-0.4, -0.2) is 44.0 Å². The Morgan fingerprint density at radius 2 is 1.79 bits per heavy atom. The number of hydrogen-bond acceptors (Lipinski definition) is 4. The lowest BCUT2D eigenvalue weighted by molar-refractivity contribution is 0.0956. The van der Waals surface area contributed by atoms with Crippen molar-refractivity contribution in [1.29, 1.82) is 0 Å². The number of amides is 1. The molecule has 0 unspecified atom stereocenters. The Labute approximate surface area is 177 Å². The topological polar surface area (TPSA) is 66.5 Å². The first-order chi connectivity index (χ1) is 13.9. The van der Waals surface area contributed by atoms with Gasteiger partial charge in [-0.15, -0.1) is 0 Å². The van der Waals surface area contributed by atoms with E-state index in [4.69, 9.17) is 0 Å². The molecule has 0 saturated carbocycles. The van der Waals surface area contributed by atoms with Gasteiger partial charge in [-0.1, -0.05) is 30.3 Å². The monoisotopic (exact) mass is 432 g/mol. The Kier molecular flexibility index (Phi) is 7.38. The van der Waals surface area contributed by atoms with Crippen LogP contribution in [0, 0.1) is 13.8 Å². The van der Waals surface area contributed by atoms with Crippen LogP contribution in [0.15, 0.2) is 47.4 Å². The number of benzene rings is 2. The standard InChI is InChI=1S/C22H28N2O3S2/c1-17-7-3-4-8-20(17)16-28-14-11-23-22(25)19-10-9-18(2)21(15-19)29(26,27)24-12-5-6-13-24/h3-4,7-10,15H,5-6,11-14,16H2,1-2H3,(H,23,25). The maximum atomic E-state index is 12.9. The average molecular weight is 433 g/mol. The third kappa shape index (κ3) is 5.41. The number of thioether (sulfide) groups is 1. The van der Waals surface area contributed by atoms with E-state index in [0.29, 0.717) is 30.8 Å². The van der Waals surface area contributed by atoms with Crippen LogP contribution in [0.1, 0.15) is 39.9 Å². The van der Waals surface area contributed by atoms with Crippen molar-refractivity contribution in [2.45, 2.75) is 37.3 Å². The van der Waals surface area contributed by atoms with Crippen LogP contribution in [0.2, 0.25) is 0 Å². The molecule has 2 aromatic carbocycles. The Hall–Kier alpha value is -1.83. The van der Waals surface area contributed by atoms with E-state index < -0.39 is 10.0 Å². The largest absolute Gasteiger partial charge is 0.351 e. The van der Waals surface area contributed by atoms with Gasteiger partial charge in [-0.25, -0.2) is 8.42 Å². The molecule has 0 atom stereocenters. The van der Waals surface area contributed by atoms with Crippen molar-refractivity contribution >= 4 is 27.7 Å². The van der Waals surface area contributed by atoms with Gasteiger partial charge in [-0.2, -0.15) is 16.1 Å². The van der Waals surface area contributed by atoms with Crippen molar-refractivity contribution in [1.82, 2.24) is 9.62 Å². The highest BCUT2D eigenvalue weighted by Crippen LogP contribution is 2.24. The minimum atomic E-state index is -3.54. The van der Waals surface area contributed by atoms with E-state index in [0.717, 1.165) is 24.3 Å². The van der Waals surface area contributed by atoms with Crippen molar-refractivity contribution in [2.75, 3.05) is 25.4 Å². The predicted molar refractivity (Wildman–Crippen MR) is 119 cm³/mol. The normalized spacial score (nSPS) is 14.8. The molecule has 5 nitrogen and oxygen atoms in total. The molecule has 1 aliphatic heterocycles. The van der Waals surface area contributed by atoms with Crippen molar-refractivity contribution in [3.8, 4) is 0 Å². The summed E-state index contributed by atoms with van der Waals surface area (Å²) in [4.78, 5) is 12.8. The Morgan fingerprint density at radius 1 is 1.07 bits per heavy atom. The maximum absolute atomic E-state index is 12.9. The number of sulfonamides is 1. The minimum absolute atomic E-state index is 0.237. The molecule has 0 aliphatic carbocycles. The molecule has 0 bridgehead atoms. The first kappa shape index (κ1) is 21.9. The summed E-state index contributed by atoms with van der Waals surface area (Å²) in [5, 5.41) is 2.90. The molecule has 1 N–H and O–H groups in total. The molecule has 3 rings (SSSR count). The number of aryl methyl sites for hydroxylation is 2. The van der Waals surface area contributed by atoms with Crippen molar-refractivity contribution in [3.05, 3.63) is 64.7 Å². The van der Waals surface area contributed by atoms with E-state index in [9.17, 15) is 13.2 Å². The van der Waals surface area contributed by atoms with Gasteiger partial charge in [0.2, 0.25) is 10.0 Å². The Morgan fingerprint density at radius 3 is 2.52 bits per heavy atom. The fraction of sp³-hybridized carbons (Fsp3) is 0.409. The minimum Gasteiger partial charge on any atom is -0.351 e. The smallest absolute Gasteiger partial charge is 0.251 e. The molecule has 7 heteroatoms. The molecule has 1 amide bonds. The number of carbonyl (C=O) groups is 1. The zero-order chi connectivity index (χ0) is 20.9. The summed E-state index contributed by atoms with van der Waals surface area (Å²) in [5.74, 6) is 1.47. The van der Waals surface area contributed by atoms with Gasteiger partial charge in [0.1, 0.15) is 0 Å². The second-order valence-corrected chi connectivity index (χ2v) is 10.3. The third-order valence-corrected chi connectivity index (χ3v) is 8.23. The fourth-order valence-electron chi connectivity index (χ4n) is 3.38. The molecule has 1 fully saturated rings. The Balaban J connectivity index is 1.56. The lowest BCUT2D eigenvalue weighted by Gasteiger charge is -2.17. The summed E-state index contributed by atoms with van der Waals surface area (Å²) in [6.07, 6.45) is 1.78. The number of carbonyl (C=O) groups excluding carboxylic acids is 1. The molecule has 156 valence electrons. The van der Waals surface area contributed by atoms with E-state index in [1.54, 1.807) is 30.8 Å². The lowest BCUT2D eigenvalue weighted by Crippen LogP contribution is -2.29. The summed E-state index contributed by atoms with van der Waals surface area (Å²) in [5.41, 5.74) is 3.63. The van der Waals surface area contributed by atoms with Crippen LogP contribution in [-0.2, 0) is 15.8 Å². The molecule has 0 radical (unpaired) electrons. The SMILES string of the molecule is Cc1ccccc1CSCCNC(=O)c1ccc(C)c(S(=O)(=O)N2CCCC2)c1. The molecule has 2 aromatic rings. The highest BCUT2D eigenvalue weighted by molar-refractivity contribution is 7.98. The molecular weight excluding hydrogens is 404 g/mol. The highest BCUT2D eigenvalue weighted by Gasteiger charge is 2.29. The molecule has 29 heavy (non-hydrogen) atoms. The molecule has 1 saturated heterocycles. The van der Waals surface area contributed by atoms with Crippen LogP contribution in [0.3, 0.4) is 0 Å². The summed E-state index contributed by atoms with van der Waals surface area (Å²) in [6, 6.07) is 13.2. The average Bonchev–Trinajstić information content (AvgIpc) is 3.25. The molecule has 0 spiro atoms. The number of rotatable bonds is 8. The molecular formula is C22H28N2O3S2. The zero-order valence-corrected chi connectivity index (χ0v) is 18.6. The maximum Gasteiger partial charge on any atom is 0.251 e. The van der Waals surface area contributed by atoms with Crippen LogP contribution in [0.25, 0.3) is 0 Å². The Bertz CT molecular complexity index is 968. The highest BCUT2D eigenvalue weighted by atomic mass is 32.2. The predicted octanol–water partition coefficient (Wildman–Crippen LogP) is 3.75. The van der Waals surface area contributed by atoms with E-state index in [-0.39, 0.29) is 10.8 Å². The summed E-state index contributed by atoms with van der Waals surface area (Å²) in [7, 11) is -3.54. The van der Waals surface area contributed by atoms with Crippen LogP contribution < -0.4 is 5.32 Å². The van der Waals surface area contributed by atoms with Crippen LogP contribution in [0.4, 0.5) is 0 Å². The molecule has 1 heterocycles. The van der Waals surface area contributed by atoms with E-state index in [2.05, 4.69) is 24.4 Å². The fourth-order valence-corrected chi connectivity index (χ4v) is 6.08. The first-order valence-corrected chi connectivity index (χ1v) is 12.5. The van der Waals surface area contributed by atoms with Crippen LogP contribution >= 0.6 is 11.8 Å². The van der Waals surface area contributed by atoms with E-state index in [1.165, 1.54) is 21.5 Å². The van der Waals surface area contributed by atoms with E-state index in [1.807, 2.05) is 12.1 Å². The quantitative estimate of drug-likeness (QED) is 0.645. The van der Waals surface area contributed by atoms with Gasteiger partial charge in [-0.3, -0.25) is 4.79 Å². The second-order valence-electron chi connectivity index (χ2n) is 7.33. The number of nitrogens with one attached hydrogen (secondary N) is 1. The van der Waals surface area contributed by atoms with Crippen LogP contribution in [0.5, 0.6) is 0 Å². The van der Waals surface area contributed by atoms with Crippen molar-refractivity contribution in [3.63, 3.8) is 0 Å². The molecule has 0 aromatic heterocycles. The summed E-state index contributed by atoms with van der Waals surface area (Å²) >= 11 is 1.77. The summed E-state index contributed by atoms with van der Waals surface area (Å²) in [6.45, 7) is 5.51. The van der Waals surface area contributed by atoms with Gasteiger partial charge < -0.3 is 5.32 Å². The number of nitrogens with zero attached hydrogens (tertiary/aromatic N) is 1. The summed E-state index contributed by atoms with van der Waals surface area (Å²) < 4.78 is 27.3. The van der Waals surface area contributed by atoms with Crippen molar-refractivity contribution < 1.29 is 13.2 Å². The second kappa shape index (κ2) is 9.78. The number of hydrogen-bond donors (Lipinski definition) is 1. The lowest BCUT2D eigenvalue weighted by atomic mass is 10.1. The van der Waals surface area contributed by atoms with Gasteiger partial charge in [0.15, 0.2) is 0 Å². The van der Waals surface area contributed by atoms with Gasteiger partial charge in [0, 0.05) is 36.7 Å². The van der Waals surface area contributed by atoms with Gasteiger partial charge in [0.05, 0.1) is 4.90 Å². The third-order valence-electron chi connectivity index (χ3n) is 5.18. The zero-order valence-electron chi connectivity index (χ0n) is 17.0. The van der Waals surface area contributed by atoms with Crippen molar-refractivity contribution in [2.24, 2.45) is 0 Å². The molecule has 1 aliphatic rings. The van der Waals surface area contributed by atoms with E-state index >= 15 is 0 Å². The van der Waals surface area contributed by atoms with Gasteiger partial charge >= 0.3 is 0 Å².